The summed E-state index contributed by atoms with van der Waals surface area (Å²) in [5.41, 5.74) is 2.97. The van der Waals surface area contributed by atoms with Gasteiger partial charge < -0.3 is 9.88 Å². The first-order chi connectivity index (χ1) is 17.1. The molecule has 5 rings (SSSR count). The predicted octanol–water partition coefficient (Wildman–Crippen LogP) is 3.70. The van der Waals surface area contributed by atoms with E-state index >= 15 is 0 Å². The quantitative estimate of drug-likeness (QED) is 0.403. The summed E-state index contributed by atoms with van der Waals surface area (Å²) in [5, 5.41) is 2.89. The number of amides is 3. The Kier molecular flexibility index (Phi) is 6.22. The molecule has 35 heavy (non-hydrogen) atoms. The van der Waals surface area contributed by atoms with Crippen molar-refractivity contribution in [2.75, 3.05) is 6.54 Å². The maximum Gasteiger partial charge on any atom is 0.261 e. The van der Waals surface area contributed by atoms with E-state index in [0.717, 1.165) is 11.4 Å². The average Bonchev–Trinajstić information content (AvgIpc) is 3.42. The van der Waals surface area contributed by atoms with Crippen molar-refractivity contribution < 1.29 is 14.4 Å². The first kappa shape index (κ1) is 22.3. The van der Waals surface area contributed by atoms with Crippen LogP contribution in [0.1, 0.15) is 48.0 Å². The van der Waals surface area contributed by atoms with Crippen molar-refractivity contribution in [3.8, 4) is 0 Å². The summed E-state index contributed by atoms with van der Waals surface area (Å²) in [6.45, 7) is 1.31. The maximum absolute atomic E-state index is 12.9. The highest BCUT2D eigenvalue weighted by molar-refractivity contribution is 6.22. The van der Waals surface area contributed by atoms with Crippen LogP contribution in [0.2, 0.25) is 0 Å². The largest absolute Gasteiger partial charge is 0.352 e. The monoisotopic (exact) mass is 464 g/mol. The number of imidazole rings is 1. The van der Waals surface area contributed by atoms with Crippen LogP contribution in [-0.4, -0.2) is 38.7 Å². The number of nitrogens with one attached hydrogen (secondary N) is 1. The second-order valence-electron chi connectivity index (χ2n) is 8.41. The summed E-state index contributed by atoms with van der Waals surface area (Å²) < 4.78 is 2.06. The lowest BCUT2D eigenvalue weighted by molar-refractivity contribution is 0.0642. The first-order valence-corrected chi connectivity index (χ1v) is 11.5. The van der Waals surface area contributed by atoms with Gasteiger partial charge in [0.05, 0.1) is 17.7 Å². The van der Waals surface area contributed by atoms with Crippen LogP contribution in [0.5, 0.6) is 0 Å². The highest BCUT2D eigenvalue weighted by Crippen LogP contribution is 2.25. The molecular weight excluding hydrogens is 440 g/mol. The van der Waals surface area contributed by atoms with Crippen molar-refractivity contribution in [2.45, 2.75) is 19.5 Å². The number of imide groups is 1. The van der Waals surface area contributed by atoms with E-state index in [4.69, 9.17) is 0 Å². The molecule has 0 spiro atoms. The third-order valence-corrected chi connectivity index (χ3v) is 6.05. The molecular formula is C28H24N4O3. The van der Waals surface area contributed by atoms with Gasteiger partial charge in [0.1, 0.15) is 5.82 Å². The Morgan fingerprint density at radius 3 is 2.17 bits per heavy atom. The van der Waals surface area contributed by atoms with Gasteiger partial charge in [-0.2, -0.15) is 0 Å². The van der Waals surface area contributed by atoms with E-state index in [-0.39, 0.29) is 29.8 Å². The topological polar surface area (TPSA) is 84.3 Å². The molecule has 4 aromatic rings. The standard InChI is InChI=1S/C28H24N4O3/c33-26(30-14-13-25-29-15-16-31(25)18-20-7-3-1-4-8-20)22-11-12-23-24(17-22)28(35)32(27(23)34)19-21-9-5-2-6-10-21/h1-12,15-17H,13-14,18-19H2,(H,30,33). The van der Waals surface area contributed by atoms with Crippen molar-refractivity contribution >= 4 is 17.7 Å². The molecule has 3 aromatic carbocycles. The molecule has 0 unspecified atom stereocenters. The molecule has 1 aliphatic heterocycles. The van der Waals surface area contributed by atoms with Gasteiger partial charge in [0.15, 0.2) is 0 Å². The lowest BCUT2D eigenvalue weighted by Gasteiger charge is -2.13. The van der Waals surface area contributed by atoms with Gasteiger partial charge in [-0.1, -0.05) is 60.7 Å². The van der Waals surface area contributed by atoms with Crippen molar-refractivity contribution in [3.05, 3.63) is 125 Å². The molecule has 0 fully saturated rings. The summed E-state index contributed by atoms with van der Waals surface area (Å²) in [4.78, 5) is 44.1. The average molecular weight is 465 g/mol. The van der Waals surface area contributed by atoms with Crippen LogP contribution in [0.25, 0.3) is 0 Å². The minimum absolute atomic E-state index is 0.199. The van der Waals surface area contributed by atoms with Gasteiger partial charge in [-0.25, -0.2) is 4.98 Å². The molecule has 0 radical (unpaired) electrons. The van der Waals surface area contributed by atoms with Crippen LogP contribution in [0.15, 0.2) is 91.3 Å². The van der Waals surface area contributed by atoms with E-state index in [1.807, 2.05) is 54.7 Å². The summed E-state index contributed by atoms with van der Waals surface area (Å²) in [5.74, 6) is -0.145. The Morgan fingerprint density at radius 2 is 1.46 bits per heavy atom. The number of benzene rings is 3. The third-order valence-electron chi connectivity index (χ3n) is 6.05. The predicted molar refractivity (Wildman–Crippen MR) is 131 cm³/mol. The molecule has 7 nitrogen and oxygen atoms in total. The molecule has 0 saturated carbocycles. The number of hydrogen-bond donors (Lipinski definition) is 1. The van der Waals surface area contributed by atoms with E-state index in [1.54, 1.807) is 18.3 Å². The molecule has 174 valence electrons. The lowest BCUT2D eigenvalue weighted by atomic mass is 10.1. The van der Waals surface area contributed by atoms with Crippen LogP contribution in [0, 0.1) is 0 Å². The second-order valence-corrected chi connectivity index (χ2v) is 8.41. The summed E-state index contributed by atoms with van der Waals surface area (Å²) in [6, 6.07) is 24.1. The number of hydrogen-bond acceptors (Lipinski definition) is 4. The Balaban J connectivity index is 1.21. The molecule has 1 aromatic heterocycles. The fraction of sp³-hybridized carbons (Fsp3) is 0.143. The molecule has 7 heteroatoms. The summed E-state index contributed by atoms with van der Waals surface area (Å²) >= 11 is 0. The summed E-state index contributed by atoms with van der Waals surface area (Å²) in [7, 11) is 0. The van der Waals surface area contributed by atoms with Crippen LogP contribution in [0.3, 0.4) is 0 Å². The van der Waals surface area contributed by atoms with Crippen LogP contribution in [0.4, 0.5) is 0 Å². The summed E-state index contributed by atoms with van der Waals surface area (Å²) in [6.07, 6.45) is 4.25. The number of rotatable bonds is 8. The number of aromatic nitrogens is 2. The van der Waals surface area contributed by atoms with E-state index in [9.17, 15) is 14.4 Å². The van der Waals surface area contributed by atoms with Gasteiger partial charge in [0.25, 0.3) is 17.7 Å². The van der Waals surface area contributed by atoms with Gasteiger partial charge in [0, 0.05) is 37.5 Å². The van der Waals surface area contributed by atoms with Gasteiger partial charge in [0.2, 0.25) is 0 Å². The second kappa shape index (κ2) is 9.77. The molecule has 0 atom stereocenters. The van der Waals surface area contributed by atoms with Gasteiger partial charge >= 0.3 is 0 Å². The van der Waals surface area contributed by atoms with E-state index in [1.165, 1.54) is 16.5 Å². The number of nitrogens with zero attached hydrogens (tertiary/aromatic N) is 3. The number of carbonyl (C=O) groups excluding carboxylic acids is 3. The molecule has 0 aliphatic carbocycles. The van der Waals surface area contributed by atoms with Crippen molar-refractivity contribution in [1.29, 1.82) is 0 Å². The zero-order valence-corrected chi connectivity index (χ0v) is 19.1. The fourth-order valence-electron chi connectivity index (χ4n) is 4.22. The first-order valence-electron chi connectivity index (χ1n) is 11.5. The van der Waals surface area contributed by atoms with Crippen LogP contribution < -0.4 is 5.32 Å². The zero-order valence-electron chi connectivity index (χ0n) is 19.1. The van der Waals surface area contributed by atoms with Crippen LogP contribution in [-0.2, 0) is 19.5 Å². The van der Waals surface area contributed by atoms with Crippen LogP contribution >= 0.6 is 0 Å². The Hall–Kier alpha value is -4.52. The minimum Gasteiger partial charge on any atom is -0.352 e. The van der Waals surface area contributed by atoms with Crippen molar-refractivity contribution in [2.24, 2.45) is 0 Å². The molecule has 0 saturated heterocycles. The van der Waals surface area contributed by atoms with E-state index in [0.29, 0.717) is 30.6 Å². The number of fused-ring (bicyclic) bond motifs is 1. The van der Waals surface area contributed by atoms with E-state index in [2.05, 4.69) is 27.0 Å². The van der Waals surface area contributed by atoms with Crippen molar-refractivity contribution in [1.82, 2.24) is 19.8 Å². The van der Waals surface area contributed by atoms with Gasteiger partial charge in [-0.05, 0) is 29.3 Å². The maximum atomic E-state index is 12.9. The smallest absolute Gasteiger partial charge is 0.261 e. The van der Waals surface area contributed by atoms with E-state index < -0.39 is 0 Å². The molecule has 1 N–H and O–H groups in total. The molecule has 0 bridgehead atoms. The SMILES string of the molecule is O=C(NCCc1nccn1Cc1ccccc1)c1ccc2c(c1)C(=O)N(Cc1ccccc1)C2=O. The normalized spacial score (nSPS) is 12.6. The lowest BCUT2D eigenvalue weighted by Crippen LogP contribution is -2.29. The highest BCUT2D eigenvalue weighted by atomic mass is 16.2. The number of carbonyl (C=O) groups is 3. The molecule has 1 aliphatic rings. The Bertz CT molecular complexity index is 1380. The van der Waals surface area contributed by atoms with Crippen molar-refractivity contribution in [3.63, 3.8) is 0 Å². The Morgan fingerprint density at radius 1 is 0.800 bits per heavy atom. The van der Waals surface area contributed by atoms with Gasteiger partial charge in [-0.3, -0.25) is 19.3 Å². The van der Waals surface area contributed by atoms with Gasteiger partial charge in [-0.15, -0.1) is 0 Å². The Labute approximate surface area is 203 Å². The molecule has 3 amide bonds. The fourth-order valence-corrected chi connectivity index (χ4v) is 4.22. The molecule has 2 heterocycles. The zero-order chi connectivity index (χ0) is 24.2. The highest BCUT2D eigenvalue weighted by Gasteiger charge is 2.35. The third kappa shape index (κ3) is 4.75. The minimum atomic E-state index is -0.383.